The zero-order valence-electron chi connectivity index (χ0n) is 13.9. The Bertz CT molecular complexity index is 569. The number of fused-ring (bicyclic) bond motifs is 2. The molecule has 0 N–H and O–H groups in total. The average Bonchev–Trinajstić information content (AvgIpc) is 2.68. The fraction of sp³-hybridized carbons (Fsp3) is 0.765. The summed E-state index contributed by atoms with van der Waals surface area (Å²) in [4.78, 5) is 23.9. The van der Waals surface area contributed by atoms with E-state index in [0.717, 1.165) is 12.8 Å². The van der Waals surface area contributed by atoms with E-state index in [4.69, 9.17) is 14.2 Å². The number of carbonyl (C=O) groups is 2. The number of esters is 2. The molecule has 6 heteroatoms. The van der Waals surface area contributed by atoms with Gasteiger partial charge in [-0.05, 0) is 31.3 Å². The van der Waals surface area contributed by atoms with Gasteiger partial charge in [-0.2, -0.15) is 0 Å². The second kappa shape index (κ2) is 5.59. The quantitative estimate of drug-likeness (QED) is 0.512. The van der Waals surface area contributed by atoms with Crippen LogP contribution >= 0.6 is 15.9 Å². The van der Waals surface area contributed by atoms with Crippen LogP contribution < -0.4 is 0 Å². The fourth-order valence-electron chi connectivity index (χ4n) is 4.45. The summed E-state index contributed by atoms with van der Waals surface area (Å²) in [5.41, 5.74) is -0.161. The van der Waals surface area contributed by atoms with E-state index in [0.29, 0.717) is 5.57 Å². The lowest BCUT2D eigenvalue weighted by Gasteiger charge is -2.54. The summed E-state index contributed by atoms with van der Waals surface area (Å²) in [6.07, 6.45) is 2.67. The Morgan fingerprint density at radius 1 is 1.39 bits per heavy atom. The molecule has 5 atom stereocenters. The maximum Gasteiger partial charge on any atom is 0.336 e. The van der Waals surface area contributed by atoms with E-state index in [9.17, 15) is 9.59 Å². The zero-order valence-corrected chi connectivity index (χ0v) is 15.5. The van der Waals surface area contributed by atoms with E-state index in [1.807, 2.05) is 0 Å². The molecule has 1 saturated carbocycles. The fourth-order valence-corrected chi connectivity index (χ4v) is 4.96. The topological polar surface area (TPSA) is 61.8 Å². The molecule has 2 aliphatic heterocycles. The van der Waals surface area contributed by atoms with E-state index in [2.05, 4.69) is 36.7 Å². The van der Waals surface area contributed by atoms with Crippen LogP contribution in [0.15, 0.2) is 11.6 Å². The van der Waals surface area contributed by atoms with Crippen molar-refractivity contribution < 1.29 is 23.8 Å². The van der Waals surface area contributed by atoms with E-state index < -0.39 is 11.7 Å². The first-order valence-corrected chi connectivity index (χ1v) is 8.94. The molecule has 3 rings (SSSR count). The van der Waals surface area contributed by atoms with Crippen molar-refractivity contribution in [1.29, 1.82) is 0 Å². The van der Waals surface area contributed by atoms with Crippen molar-refractivity contribution >= 4 is 27.9 Å². The first-order chi connectivity index (χ1) is 10.6. The van der Waals surface area contributed by atoms with Gasteiger partial charge in [0.1, 0.15) is 18.8 Å². The molecule has 0 bridgehead atoms. The predicted molar refractivity (Wildman–Crippen MR) is 87.1 cm³/mol. The summed E-state index contributed by atoms with van der Waals surface area (Å²) in [5, 5.41) is 0. The summed E-state index contributed by atoms with van der Waals surface area (Å²) < 4.78 is 17.1. The van der Waals surface area contributed by atoms with Gasteiger partial charge in [-0.15, -0.1) is 0 Å². The molecular weight excluding hydrogens is 364 g/mol. The van der Waals surface area contributed by atoms with Crippen LogP contribution in [0.5, 0.6) is 0 Å². The number of alkyl halides is 1. The number of hydrogen-bond acceptors (Lipinski definition) is 5. The Balaban J connectivity index is 2.09. The zero-order chi connectivity index (χ0) is 17.0. The Morgan fingerprint density at radius 3 is 2.74 bits per heavy atom. The lowest BCUT2D eigenvalue weighted by Crippen LogP contribution is -2.58. The highest BCUT2D eigenvalue weighted by Gasteiger charge is 2.58. The van der Waals surface area contributed by atoms with Gasteiger partial charge in [0.2, 0.25) is 0 Å². The molecule has 3 aliphatic rings. The summed E-state index contributed by atoms with van der Waals surface area (Å²) in [6.45, 7) is 8.01. The Morgan fingerprint density at radius 2 is 2.09 bits per heavy atom. The molecule has 0 aromatic carbocycles. The highest BCUT2D eigenvalue weighted by molar-refractivity contribution is 9.09. The number of cyclic esters (lactones) is 1. The van der Waals surface area contributed by atoms with Crippen LogP contribution in [0.4, 0.5) is 0 Å². The van der Waals surface area contributed by atoms with Crippen molar-refractivity contribution in [2.24, 2.45) is 11.3 Å². The molecule has 0 radical (unpaired) electrons. The molecule has 0 aromatic heterocycles. The van der Waals surface area contributed by atoms with Crippen molar-refractivity contribution in [1.82, 2.24) is 0 Å². The standard InChI is InChI=1S/C17H23BrO5/c1-9(19)22-11-7-10-12(8-21-15(10)20)23-17(4)6-5-13(18)16(2,3)14(11)17/h7,11-14H,5-6,8H2,1-4H3. The minimum absolute atomic E-state index is 0.0528. The first-order valence-electron chi connectivity index (χ1n) is 8.03. The monoisotopic (exact) mass is 386 g/mol. The van der Waals surface area contributed by atoms with Crippen LogP contribution in [-0.4, -0.2) is 41.2 Å². The first kappa shape index (κ1) is 17.0. The van der Waals surface area contributed by atoms with Gasteiger partial charge in [0.25, 0.3) is 0 Å². The molecule has 1 saturated heterocycles. The number of halogens is 1. The maximum absolute atomic E-state index is 12.0. The highest BCUT2D eigenvalue weighted by Crippen LogP contribution is 2.55. The van der Waals surface area contributed by atoms with Crippen LogP contribution in [0.3, 0.4) is 0 Å². The Hall–Kier alpha value is -0.880. The van der Waals surface area contributed by atoms with Crippen LogP contribution in [0.25, 0.3) is 0 Å². The SMILES string of the molecule is CC(=O)OC1C=C2C(=O)OCC2OC2(C)CCC(Br)C(C)(C)C12. The van der Waals surface area contributed by atoms with Gasteiger partial charge >= 0.3 is 11.9 Å². The van der Waals surface area contributed by atoms with Gasteiger partial charge in [-0.25, -0.2) is 4.79 Å². The summed E-state index contributed by atoms with van der Waals surface area (Å²) >= 11 is 3.78. The molecule has 0 spiro atoms. The molecule has 2 fully saturated rings. The van der Waals surface area contributed by atoms with E-state index in [1.165, 1.54) is 6.92 Å². The largest absolute Gasteiger partial charge is 0.459 e. The molecule has 0 amide bonds. The number of carbonyl (C=O) groups excluding carboxylic acids is 2. The molecule has 23 heavy (non-hydrogen) atoms. The van der Waals surface area contributed by atoms with Crippen molar-refractivity contribution in [2.45, 2.75) is 63.2 Å². The van der Waals surface area contributed by atoms with Gasteiger partial charge in [0.15, 0.2) is 0 Å². The van der Waals surface area contributed by atoms with Gasteiger partial charge in [0.05, 0.1) is 11.2 Å². The van der Waals surface area contributed by atoms with Crippen molar-refractivity contribution in [3.05, 3.63) is 11.6 Å². The van der Waals surface area contributed by atoms with E-state index >= 15 is 0 Å². The molecule has 2 heterocycles. The minimum atomic E-state index is -0.501. The summed E-state index contributed by atoms with van der Waals surface area (Å²) in [6, 6.07) is 0. The van der Waals surface area contributed by atoms with Gasteiger partial charge in [0, 0.05) is 17.7 Å². The smallest absolute Gasteiger partial charge is 0.336 e. The maximum atomic E-state index is 12.0. The summed E-state index contributed by atoms with van der Waals surface area (Å²) in [5.74, 6) is -0.781. The lowest BCUT2D eigenvalue weighted by atomic mass is 9.59. The van der Waals surface area contributed by atoms with Crippen LogP contribution in [-0.2, 0) is 23.8 Å². The van der Waals surface area contributed by atoms with Gasteiger partial charge in [-0.3, -0.25) is 4.79 Å². The molecule has 5 unspecified atom stereocenters. The lowest BCUT2D eigenvalue weighted by molar-refractivity contribution is -0.185. The van der Waals surface area contributed by atoms with Crippen molar-refractivity contribution in [2.75, 3.05) is 6.61 Å². The molecule has 1 aliphatic carbocycles. The normalized spacial score (nSPS) is 42.0. The second-order valence-electron chi connectivity index (χ2n) is 7.52. The van der Waals surface area contributed by atoms with Crippen LogP contribution in [0, 0.1) is 11.3 Å². The number of ether oxygens (including phenoxy) is 3. The predicted octanol–water partition coefficient (Wildman–Crippen LogP) is 2.76. The Labute approximate surface area is 144 Å². The van der Waals surface area contributed by atoms with E-state index in [1.54, 1.807) is 6.08 Å². The third kappa shape index (κ3) is 2.74. The van der Waals surface area contributed by atoms with Crippen molar-refractivity contribution in [3.8, 4) is 0 Å². The third-order valence-corrected chi connectivity index (χ3v) is 7.13. The highest BCUT2D eigenvalue weighted by atomic mass is 79.9. The number of hydrogen-bond donors (Lipinski definition) is 0. The van der Waals surface area contributed by atoms with Crippen molar-refractivity contribution in [3.63, 3.8) is 0 Å². The van der Waals surface area contributed by atoms with Gasteiger partial charge in [-0.1, -0.05) is 29.8 Å². The van der Waals surface area contributed by atoms with Gasteiger partial charge < -0.3 is 14.2 Å². The average molecular weight is 387 g/mol. The molecule has 128 valence electrons. The molecule has 0 aromatic rings. The van der Waals surface area contributed by atoms with E-state index in [-0.39, 0.29) is 40.8 Å². The number of rotatable bonds is 1. The minimum Gasteiger partial charge on any atom is -0.459 e. The van der Waals surface area contributed by atoms with Crippen LogP contribution in [0.2, 0.25) is 0 Å². The second-order valence-corrected chi connectivity index (χ2v) is 8.62. The summed E-state index contributed by atoms with van der Waals surface area (Å²) in [7, 11) is 0. The van der Waals surface area contributed by atoms with Crippen LogP contribution in [0.1, 0.15) is 40.5 Å². The molecule has 5 nitrogen and oxygen atoms in total. The Kier molecular flexibility index (Phi) is 4.12. The third-order valence-electron chi connectivity index (χ3n) is 5.50. The molecular formula is C17H23BrO5.